The molecule has 0 spiro atoms. The van der Waals surface area contributed by atoms with E-state index in [-0.39, 0.29) is 11.6 Å². The molecule has 3 aromatic rings. The van der Waals surface area contributed by atoms with Crippen LogP contribution in [0.15, 0.2) is 48.5 Å². The third-order valence-electron chi connectivity index (χ3n) is 3.82. The van der Waals surface area contributed by atoms with Gasteiger partial charge in [-0.3, -0.25) is 4.79 Å². The smallest absolute Gasteiger partial charge is 0.274 e. The molecule has 0 unspecified atom stereocenters. The highest BCUT2D eigenvalue weighted by Crippen LogP contribution is 2.21. The Bertz CT molecular complexity index is 955. The lowest BCUT2D eigenvalue weighted by Crippen LogP contribution is -2.15. The number of hydrogen-bond acceptors (Lipinski definition) is 4. The number of hydrogen-bond donors (Lipinski definition) is 2. The van der Waals surface area contributed by atoms with Crippen LogP contribution in [0.4, 0.5) is 17.2 Å². The molecule has 5 nitrogen and oxygen atoms in total. The summed E-state index contributed by atoms with van der Waals surface area (Å²) in [7, 11) is 0. The fourth-order valence-corrected chi connectivity index (χ4v) is 2.58. The number of halogens is 1. The van der Waals surface area contributed by atoms with E-state index in [0.717, 1.165) is 11.3 Å². The lowest BCUT2D eigenvalue weighted by atomic mass is 10.2. The summed E-state index contributed by atoms with van der Waals surface area (Å²) in [5.41, 5.74) is 3.92. The van der Waals surface area contributed by atoms with E-state index in [9.17, 15) is 4.79 Å². The Balaban J connectivity index is 1.80. The van der Waals surface area contributed by atoms with Crippen molar-refractivity contribution in [2.45, 2.75) is 20.8 Å². The number of aromatic nitrogens is 2. The molecule has 0 bridgehead atoms. The number of anilines is 3. The van der Waals surface area contributed by atoms with Gasteiger partial charge in [0.15, 0.2) is 0 Å². The summed E-state index contributed by atoms with van der Waals surface area (Å²) in [6, 6.07) is 14.9. The van der Waals surface area contributed by atoms with Crippen molar-refractivity contribution < 1.29 is 4.79 Å². The molecule has 0 saturated carbocycles. The van der Waals surface area contributed by atoms with E-state index in [4.69, 9.17) is 11.6 Å². The van der Waals surface area contributed by atoms with Gasteiger partial charge in [-0.1, -0.05) is 35.4 Å². The van der Waals surface area contributed by atoms with Crippen LogP contribution in [-0.4, -0.2) is 15.9 Å². The number of nitrogens with zero attached hydrogens (tertiary/aromatic N) is 2. The first-order valence-corrected chi connectivity index (χ1v) is 8.55. The molecule has 2 aromatic carbocycles. The minimum atomic E-state index is -0.317. The van der Waals surface area contributed by atoms with Crippen molar-refractivity contribution in [2.75, 3.05) is 10.6 Å². The second-order valence-electron chi connectivity index (χ2n) is 6.09. The molecule has 0 fully saturated rings. The SMILES string of the molecule is Cc1ccc(Nc2cc(C(=O)Nc3ccc(C)c(Cl)c3)nc(C)n2)cc1. The van der Waals surface area contributed by atoms with Crippen molar-refractivity contribution in [3.8, 4) is 0 Å². The van der Waals surface area contributed by atoms with Crippen LogP contribution in [0.1, 0.15) is 27.4 Å². The third-order valence-corrected chi connectivity index (χ3v) is 4.23. The number of carbonyl (C=O) groups excluding carboxylic acids is 1. The highest BCUT2D eigenvalue weighted by molar-refractivity contribution is 6.31. The summed E-state index contributed by atoms with van der Waals surface area (Å²) < 4.78 is 0. The predicted molar refractivity (Wildman–Crippen MR) is 105 cm³/mol. The van der Waals surface area contributed by atoms with Crippen LogP contribution in [-0.2, 0) is 0 Å². The summed E-state index contributed by atoms with van der Waals surface area (Å²) in [5.74, 6) is 0.755. The van der Waals surface area contributed by atoms with E-state index >= 15 is 0 Å². The topological polar surface area (TPSA) is 66.9 Å². The lowest BCUT2D eigenvalue weighted by molar-refractivity contribution is 0.102. The van der Waals surface area contributed by atoms with Crippen molar-refractivity contribution >= 4 is 34.7 Å². The van der Waals surface area contributed by atoms with Gasteiger partial charge in [-0.2, -0.15) is 0 Å². The predicted octanol–water partition coefficient (Wildman–Crippen LogP) is 5.05. The van der Waals surface area contributed by atoms with Crippen LogP contribution in [0.25, 0.3) is 0 Å². The Hall–Kier alpha value is -2.92. The minimum absolute atomic E-state index is 0.281. The van der Waals surface area contributed by atoms with Gasteiger partial charge >= 0.3 is 0 Å². The average Bonchev–Trinajstić information content (AvgIpc) is 2.60. The maximum absolute atomic E-state index is 12.5. The van der Waals surface area contributed by atoms with E-state index in [0.29, 0.717) is 22.4 Å². The summed E-state index contributed by atoms with van der Waals surface area (Å²) in [5, 5.41) is 6.61. The number of carbonyl (C=O) groups is 1. The van der Waals surface area contributed by atoms with E-state index in [1.807, 2.05) is 44.2 Å². The monoisotopic (exact) mass is 366 g/mol. The molecule has 0 saturated heterocycles. The van der Waals surface area contributed by atoms with Crippen LogP contribution in [0.5, 0.6) is 0 Å². The molecule has 0 radical (unpaired) electrons. The molecule has 1 amide bonds. The molecule has 26 heavy (non-hydrogen) atoms. The molecular weight excluding hydrogens is 348 g/mol. The molecule has 132 valence electrons. The second kappa shape index (κ2) is 7.54. The third kappa shape index (κ3) is 4.37. The summed E-state index contributed by atoms with van der Waals surface area (Å²) in [6.07, 6.45) is 0. The average molecular weight is 367 g/mol. The van der Waals surface area contributed by atoms with E-state index < -0.39 is 0 Å². The van der Waals surface area contributed by atoms with Gasteiger partial charge in [0.05, 0.1) is 0 Å². The largest absolute Gasteiger partial charge is 0.340 e. The molecule has 2 N–H and O–H groups in total. The maximum atomic E-state index is 12.5. The molecule has 6 heteroatoms. The van der Waals surface area contributed by atoms with E-state index in [2.05, 4.69) is 20.6 Å². The van der Waals surface area contributed by atoms with Crippen molar-refractivity contribution in [1.82, 2.24) is 9.97 Å². The first-order chi connectivity index (χ1) is 12.4. The zero-order valence-electron chi connectivity index (χ0n) is 14.8. The standard InChI is InChI=1S/C20H19ClN4O/c1-12-4-7-15(8-5-12)24-19-11-18(22-14(3)23-19)20(26)25-16-9-6-13(2)17(21)10-16/h4-11H,1-3H3,(H,25,26)(H,22,23,24). The quantitative estimate of drug-likeness (QED) is 0.678. The van der Waals surface area contributed by atoms with Crippen LogP contribution >= 0.6 is 11.6 Å². The van der Waals surface area contributed by atoms with Gasteiger partial charge in [-0.15, -0.1) is 0 Å². The van der Waals surface area contributed by atoms with Gasteiger partial charge < -0.3 is 10.6 Å². The fraction of sp³-hybridized carbons (Fsp3) is 0.150. The van der Waals surface area contributed by atoms with Gasteiger partial charge in [0, 0.05) is 22.5 Å². The molecule has 3 rings (SSSR count). The Morgan fingerprint density at radius 3 is 2.31 bits per heavy atom. The number of nitrogens with one attached hydrogen (secondary N) is 2. The van der Waals surface area contributed by atoms with Crippen molar-refractivity contribution in [1.29, 1.82) is 0 Å². The molecule has 0 aliphatic carbocycles. The molecular formula is C20H19ClN4O. The maximum Gasteiger partial charge on any atom is 0.274 e. The van der Waals surface area contributed by atoms with Crippen LogP contribution in [0.3, 0.4) is 0 Å². The first kappa shape index (κ1) is 17.9. The van der Waals surface area contributed by atoms with Gasteiger partial charge in [0.2, 0.25) is 0 Å². The van der Waals surface area contributed by atoms with E-state index in [1.54, 1.807) is 25.1 Å². The fourth-order valence-electron chi connectivity index (χ4n) is 2.40. The van der Waals surface area contributed by atoms with Crippen LogP contribution in [0, 0.1) is 20.8 Å². The van der Waals surface area contributed by atoms with Crippen molar-refractivity contribution in [2.24, 2.45) is 0 Å². The van der Waals surface area contributed by atoms with Gasteiger partial charge in [0.1, 0.15) is 17.3 Å². The Morgan fingerprint density at radius 1 is 0.923 bits per heavy atom. The van der Waals surface area contributed by atoms with Gasteiger partial charge in [-0.05, 0) is 50.6 Å². The number of benzene rings is 2. The summed E-state index contributed by atoms with van der Waals surface area (Å²) >= 11 is 6.11. The van der Waals surface area contributed by atoms with Crippen LogP contribution < -0.4 is 10.6 Å². The molecule has 1 heterocycles. The molecule has 1 aromatic heterocycles. The normalized spacial score (nSPS) is 10.5. The summed E-state index contributed by atoms with van der Waals surface area (Å²) in [6.45, 7) is 5.68. The Labute approximate surface area is 157 Å². The number of amides is 1. The second-order valence-corrected chi connectivity index (χ2v) is 6.50. The Morgan fingerprint density at radius 2 is 1.62 bits per heavy atom. The van der Waals surface area contributed by atoms with E-state index in [1.165, 1.54) is 5.56 Å². The zero-order chi connectivity index (χ0) is 18.7. The first-order valence-electron chi connectivity index (χ1n) is 8.17. The molecule has 0 aliphatic rings. The van der Waals surface area contributed by atoms with Gasteiger partial charge in [-0.25, -0.2) is 9.97 Å². The summed E-state index contributed by atoms with van der Waals surface area (Å²) in [4.78, 5) is 21.1. The number of aryl methyl sites for hydroxylation is 3. The zero-order valence-corrected chi connectivity index (χ0v) is 15.6. The van der Waals surface area contributed by atoms with Crippen molar-refractivity contribution in [3.63, 3.8) is 0 Å². The highest BCUT2D eigenvalue weighted by Gasteiger charge is 2.12. The lowest BCUT2D eigenvalue weighted by Gasteiger charge is -2.10. The minimum Gasteiger partial charge on any atom is -0.340 e. The highest BCUT2D eigenvalue weighted by atomic mass is 35.5. The molecule has 0 aliphatic heterocycles. The van der Waals surface area contributed by atoms with Gasteiger partial charge in [0.25, 0.3) is 5.91 Å². The van der Waals surface area contributed by atoms with Crippen molar-refractivity contribution in [3.05, 3.63) is 76.2 Å². The van der Waals surface area contributed by atoms with Crippen LogP contribution in [0.2, 0.25) is 5.02 Å². The molecule has 0 atom stereocenters. The number of rotatable bonds is 4. The Kier molecular flexibility index (Phi) is 5.19.